The smallest absolute Gasteiger partial charge is 0.242 e. The summed E-state index contributed by atoms with van der Waals surface area (Å²) in [6, 6.07) is 2.93. The van der Waals surface area contributed by atoms with Gasteiger partial charge in [-0.2, -0.15) is 0 Å². The predicted molar refractivity (Wildman–Crippen MR) is 72.0 cm³/mol. The summed E-state index contributed by atoms with van der Waals surface area (Å²) in [5.74, 6) is 0.301. The van der Waals surface area contributed by atoms with Gasteiger partial charge in [0.1, 0.15) is 10.7 Å². The van der Waals surface area contributed by atoms with Gasteiger partial charge in [0, 0.05) is 26.0 Å². The molecular formula is C12H19N3O3S. The first-order chi connectivity index (χ1) is 8.91. The lowest BCUT2D eigenvalue weighted by molar-refractivity contribution is 0.0264. The molecular weight excluding hydrogens is 266 g/mol. The third-order valence-electron chi connectivity index (χ3n) is 3.46. The molecule has 1 aliphatic heterocycles. The molecule has 0 atom stereocenters. The molecule has 1 fully saturated rings. The first-order valence-corrected chi connectivity index (χ1v) is 7.69. The summed E-state index contributed by atoms with van der Waals surface area (Å²) in [6.07, 6.45) is 2.98. The Morgan fingerprint density at radius 3 is 2.68 bits per heavy atom. The Morgan fingerprint density at radius 2 is 2.11 bits per heavy atom. The van der Waals surface area contributed by atoms with Crippen molar-refractivity contribution in [3.05, 3.63) is 18.3 Å². The Morgan fingerprint density at radius 1 is 1.42 bits per heavy atom. The van der Waals surface area contributed by atoms with Gasteiger partial charge in [-0.3, -0.25) is 0 Å². The summed E-state index contributed by atoms with van der Waals surface area (Å²) in [4.78, 5) is 3.93. The first-order valence-electron chi connectivity index (χ1n) is 6.20. The predicted octanol–water partition coefficient (Wildman–Crippen LogP) is 0.759. The van der Waals surface area contributed by atoms with E-state index >= 15 is 0 Å². The van der Waals surface area contributed by atoms with Crippen molar-refractivity contribution in [3.63, 3.8) is 0 Å². The molecule has 3 N–H and O–H groups in total. The SMILES string of the molecule is CC1(CNS(=O)(=O)c2ccc(N)nc2)CCOCC1. The van der Waals surface area contributed by atoms with Crippen LogP contribution in [0.25, 0.3) is 0 Å². The third-order valence-corrected chi connectivity index (χ3v) is 4.84. The molecule has 0 bridgehead atoms. The fourth-order valence-electron chi connectivity index (χ4n) is 1.94. The van der Waals surface area contributed by atoms with E-state index in [0.717, 1.165) is 12.8 Å². The maximum atomic E-state index is 12.1. The molecule has 7 heteroatoms. The lowest BCUT2D eigenvalue weighted by Crippen LogP contribution is -2.39. The van der Waals surface area contributed by atoms with Crippen molar-refractivity contribution in [1.82, 2.24) is 9.71 Å². The lowest BCUT2D eigenvalue weighted by atomic mass is 9.83. The van der Waals surface area contributed by atoms with Crippen molar-refractivity contribution >= 4 is 15.8 Å². The monoisotopic (exact) mass is 285 g/mol. The van der Waals surface area contributed by atoms with Crippen LogP contribution < -0.4 is 10.5 Å². The number of hydrogen-bond acceptors (Lipinski definition) is 5. The van der Waals surface area contributed by atoms with Crippen LogP contribution in [0.2, 0.25) is 0 Å². The van der Waals surface area contributed by atoms with E-state index in [2.05, 4.69) is 16.6 Å². The molecule has 0 saturated carbocycles. The summed E-state index contributed by atoms with van der Waals surface area (Å²) in [7, 11) is -3.52. The van der Waals surface area contributed by atoms with Crippen LogP contribution in [0.3, 0.4) is 0 Å². The Kier molecular flexibility index (Phi) is 4.07. The molecule has 0 unspecified atom stereocenters. The van der Waals surface area contributed by atoms with Crippen LogP contribution in [0.4, 0.5) is 5.82 Å². The third kappa shape index (κ3) is 3.65. The normalized spacial score (nSPS) is 19.2. The van der Waals surface area contributed by atoms with E-state index in [1.54, 1.807) is 0 Å². The van der Waals surface area contributed by atoms with Crippen LogP contribution in [-0.2, 0) is 14.8 Å². The minimum Gasteiger partial charge on any atom is -0.384 e. The summed E-state index contributed by atoms with van der Waals surface area (Å²) >= 11 is 0. The van der Waals surface area contributed by atoms with E-state index in [-0.39, 0.29) is 10.3 Å². The zero-order valence-corrected chi connectivity index (χ0v) is 11.7. The summed E-state index contributed by atoms with van der Waals surface area (Å²) in [5, 5.41) is 0. The number of anilines is 1. The number of nitrogens with one attached hydrogen (secondary N) is 1. The van der Waals surface area contributed by atoms with Gasteiger partial charge in [0.2, 0.25) is 10.0 Å². The molecule has 106 valence electrons. The minimum absolute atomic E-state index is 0.0491. The molecule has 0 aliphatic carbocycles. The van der Waals surface area contributed by atoms with Gasteiger partial charge in [0.05, 0.1) is 0 Å². The average Bonchev–Trinajstić information content (AvgIpc) is 2.38. The van der Waals surface area contributed by atoms with Gasteiger partial charge in [0.15, 0.2) is 0 Å². The maximum Gasteiger partial charge on any atom is 0.242 e. The van der Waals surface area contributed by atoms with Crippen molar-refractivity contribution in [2.45, 2.75) is 24.7 Å². The molecule has 0 aromatic carbocycles. The number of ether oxygens (including phenoxy) is 1. The summed E-state index contributed by atoms with van der Waals surface area (Å²) < 4.78 is 32.1. The molecule has 0 radical (unpaired) electrons. The molecule has 1 aliphatic rings. The molecule has 0 spiro atoms. The van der Waals surface area contributed by atoms with E-state index in [9.17, 15) is 8.42 Å². The zero-order chi connectivity index (χ0) is 13.9. The van der Waals surface area contributed by atoms with Gasteiger partial charge in [-0.15, -0.1) is 0 Å². The Bertz CT molecular complexity index is 522. The highest BCUT2D eigenvalue weighted by atomic mass is 32.2. The van der Waals surface area contributed by atoms with E-state index in [0.29, 0.717) is 25.6 Å². The number of nitrogens with two attached hydrogens (primary N) is 1. The van der Waals surface area contributed by atoms with Crippen LogP contribution in [0.1, 0.15) is 19.8 Å². The lowest BCUT2D eigenvalue weighted by Gasteiger charge is -2.33. The molecule has 6 nitrogen and oxygen atoms in total. The summed E-state index contributed by atoms with van der Waals surface area (Å²) in [5.41, 5.74) is 5.39. The standard InChI is InChI=1S/C12H19N3O3S/c1-12(4-6-18-7-5-12)9-15-19(16,17)10-2-3-11(13)14-8-10/h2-3,8,15H,4-7,9H2,1H3,(H2,13,14). The number of sulfonamides is 1. The van der Waals surface area contributed by atoms with Gasteiger partial charge < -0.3 is 10.5 Å². The van der Waals surface area contributed by atoms with Crippen LogP contribution in [0, 0.1) is 5.41 Å². The van der Waals surface area contributed by atoms with Gasteiger partial charge in [-0.1, -0.05) is 6.92 Å². The molecule has 19 heavy (non-hydrogen) atoms. The number of rotatable bonds is 4. The van der Waals surface area contributed by atoms with Crippen molar-refractivity contribution in [3.8, 4) is 0 Å². The fraction of sp³-hybridized carbons (Fsp3) is 0.583. The number of nitrogen functional groups attached to an aromatic ring is 1. The number of aromatic nitrogens is 1. The van der Waals surface area contributed by atoms with E-state index in [4.69, 9.17) is 10.5 Å². The van der Waals surface area contributed by atoms with Crippen LogP contribution in [0.5, 0.6) is 0 Å². The zero-order valence-electron chi connectivity index (χ0n) is 10.9. The number of pyridine rings is 1. The molecule has 0 amide bonds. The van der Waals surface area contributed by atoms with Crippen molar-refractivity contribution in [2.75, 3.05) is 25.5 Å². The topological polar surface area (TPSA) is 94.3 Å². The van der Waals surface area contributed by atoms with E-state index in [1.807, 2.05) is 0 Å². The molecule has 1 aromatic rings. The minimum atomic E-state index is -3.52. The van der Waals surface area contributed by atoms with Gasteiger partial charge >= 0.3 is 0 Å². The second-order valence-corrected chi connectivity index (χ2v) is 6.93. The van der Waals surface area contributed by atoms with Gasteiger partial charge in [-0.05, 0) is 30.4 Å². The number of nitrogens with zero attached hydrogens (tertiary/aromatic N) is 1. The second-order valence-electron chi connectivity index (χ2n) is 5.17. The van der Waals surface area contributed by atoms with Gasteiger partial charge in [0.25, 0.3) is 0 Å². The van der Waals surface area contributed by atoms with E-state index < -0.39 is 10.0 Å². The van der Waals surface area contributed by atoms with Crippen LogP contribution in [0.15, 0.2) is 23.2 Å². The van der Waals surface area contributed by atoms with Crippen molar-refractivity contribution in [1.29, 1.82) is 0 Å². The highest BCUT2D eigenvalue weighted by Crippen LogP contribution is 2.29. The molecule has 1 saturated heterocycles. The Hall–Kier alpha value is -1.18. The van der Waals surface area contributed by atoms with Gasteiger partial charge in [-0.25, -0.2) is 18.1 Å². The van der Waals surface area contributed by atoms with Crippen molar-refractivity contribution < 1.29 is 13.2 Å². The van der Waals surface area contributed by atoms with Crippen molar-refractivity contribution in [2.24, 2.45) is 5.41 Å². The van der Waals surface area contributed by atoms with Crippen LogP contribution in [-0.4, -0.2) is 33.2 Å². The summed E-state index contributed by atoms with van der Waals surface area (Å²) in [6.45, 7) is 3.84. The second kappa shape index (κ2) is 5.44. The molecule has 2 rings (SSSR count). The fourth-order valence-corrected chi connectivity index (χ4v) is 3.09. The molecule has 1 aromatic heterocycles. The van der Waals surface area contributed by atoms with E-state index in [1.165, 1.54) is 18.3 Å². The maximum absolute atomic E-state index is 12.1. The Labute approximate surface area is 113 Å². The molecule has 2 heterocycles. The quantitative estimate of drug-likeness (QED) is 0.851. The average molecular weight is 285 g/mol. The van der Waals surface area contributed by atoms with Crippen LogP contribution >= 0.6 is 0 Å². The highest BCUT2D eigenvalue weighted by Gasteiger charge is 2.29. The highest BCUT2D eigenvalue weighted by molar-refractivity contribution is 7.89. The Balaban J connectivity index is 2.03. The first kappa shape index (κ1) is 14.2. The number of hydrogen-bond donors (Lipinski definition) is 2. The largest absolute Gasteiger partial charge is 0.384 e.